The van der Waals surface area contributed by atoms with Crippen LogP contribution in [0.5, 0.6) is 0 Å². The molecule has 2 saturated heterocycles. The number of furan rings is 1. The number of piperazine rings is 1. The summed E-state index contributed by atoms with van der Waals surface area (Å²) in [5, 5.41) is 0. The Morgan fingerprint density at radius 3 is 2.42 bits per heavy atom. The van der Waals surface area contributed by atoms with Crippen LogP contribution in [0.1, 0.15) is 30.0 Å². The summed E-state index contributed by atoms with van der Waals surface area (Å²) < 4.78 is 31.4. The largest absolute Gasteiger partial charge is 0.467 e. The molecule has 2 fully saturated rings. The van der Waals surface area contributed by atoms with E-state index in [4.69, 9.17) is 4.42 Å². The third-order valence-electron chi connectivity index (χ3n) is 7.34. The molecule has 2 atom stereocenters. The molecule has 0 unspecified atom stereocenters. The lowest BCUT2D eigenvalue weighted by molar-refractivity contribution is -0.128. The first-order valence-electron chi connectivity index (χ1n) is 12.3. The monoisotopic (exact) mass is 512 g/mol. The van der Waals surface area contributed by atoms with Gasteiger partial charge in [0.15, 0.2) is 0 Å². The summed E-state index contributed by atoms with van der Waals surface area (Å²) in [6.07, 6.45) is 4.24. The van der Waals surface area contributed by atoms with Crippen LogP contribution in [-0.2, 0) is 21.4 Å². The molecule has 0 aliphatic carbocycles. The predicted octanol–water partition coefficient (Wildman–Crippen LogP) is 2.38. The van der Waals surface area contributed by atoms with E-state index in [0.717, 1.165) is 36.7 Å². The Morgan fingerprint density at radius 1 is 1.08 bits per heavy atom. The number of anilines is 1. The highest BCUT2D eigenvalue weighted by atomic mass is 32.2. The quantitative estimate of drug-likeness (QED) is 0.587. The zero-order valence-corrected chi connectivity index (χ0v) is 21.6. The lowest BCUT2D eigenvalue weighted by atomic mass is 9.89. The fourth-order valence-electron chi connectivity index (χ4n) is 5.59. The second-order valence-electron chi connectivity index (χ2n) is 10.0. The van der Waals surface area contributed by atoms with Crippen molar-refractivity contribution in [2.75, 3.05) is 43.9 Å². The van der Waals surface area contributed by atoms with Gasteiger partial charge in [0.1, 0.15) is 5.76 Å². The van der Waals surface area contributed by atoms with Gasteiger partial charge in [-0.15, -0.1) is 0 Å². The number of benzene rings is 1. The van der Waals surface area contributed by atoms with Crippen LogP contribution in [0, 0.1) is 11.8 Å². The second-order valence-corrected chi connectivity index (χ2v) is 11.9. The lowest BCUT2D eigenvalue weighted by Crippen LogP contribution is -2.46. The second kappa shape index (κ2) is 9.40. The highest BCUT2D eigenvalue weighted by Crippen LogP contribution is 2.42. The van der Waals surface area contributed by atoms with Crippen molar-refractivity contribution in [2.45, 2.75) is 26.4 Å². The molecule has 3 aliphatic heterocycles. The lowest BCUT2D eigenvalue weighted by Gasteiger charge is -2.36. The number of para-hydroxylation sites is 1. The first-order valence-corrected chi connectivity index (χ1v) is 14.2. The summed E-state index contributed by atoms with van der Waals surface area (Å²) in [6.45, 7) is 7.98. The van der Waals surface area contributed by atoms with Gasteiger partial charge in [0.2, 0.25) is 15.9 Å². The number of nitrogens with zero attached hydrogens (tertiary/aromatic N) is 4. The molecule has 0 radical (unpaired) electrons. The minimum absolute atomic E-state index is 0.129. The van der Waals surface area contributed by atoms with E-state index in [-0.39, 0.29) is 18.4 Å². The van der Waals surface area contributed by atoms with E-state index in [0.29, 0.717) is 23.6 Å². The number of fused-ring (bicyclic) bond motifs is 1. The van der Waals surface area contributed by atoms with Gasteiger partial charge in [-0.25, -0.2) is 12.7 Å². The number of carbonyl (C=O) groups excluding carboxylic acids is 2. The Labute approximate surface area is 212 Å². The Bertz CT molecular complexity index is 1280. The van der Waals surface area contributed by atoms with Gasteiger partial charge in [0.05, 0.1) is 42.3 Å². The maximum absolute atomic E-state index is 13.7. The van der Waals surface area contributed by atoms with E-state index in [1.54, 1.807) is 17.0 Å². The molecular formula is C26H32N4O5S. The van der Waals surface area contributed by atoms with Gasteiger partial charge in [0, 0.05) is 38.4 Å². The topological polar surface area (TPSA) is 94.4 Å². The van der Waals surface area contributed by atoms with Crippen LogP contribution in [0.3, 0.4) is 0 Å². The maximum atomic E-state index is 13.7. The van der Waals surface area contributed by atoms with Gasteiger partial charge in [0.25, 0.3) is 5.91 Å². The van der Waals surface area contributed by atoms with Gasteiger partial charge in [-0.3, -0.25) is 14.5 Å². The SMILES string of the molecule is CC(C)[C@H]1C(=O)N(S(C)(=O)=O)C2=CCN(C(=O)c3ccoc3CN3CCN(c4ccccc4)CC3)[C@@H]21. The first kappa shape index (κ1) is 24.6. The minimum atomic E-state index is -3.78. The normalized spacial score (nSPS) is 22.9. The molecule has 2 amide bonds. The van der Waals surface area contributed by atoms with Crippen LogP contribution in [-0.4, -0.2) is 79.4 Å². The number of hydrogen-bond acceptors (Lipinski definition) is 7. The third-order valence-corrected chi connectivity index (χ3v) is 8.40. The fourth-order valence-corrected chi connectivity index (χ4v) is 6.61. The zero-order chi connectivity index (χ0) is 25.6. The molecule has 0 bridgehead atoms. The summed E-state index contributed by atoms with van der Waals surface area (Å²) in [5.41, 5.74) is 2.05. The molecule has 3 aliphatic rings. The Kier molecular flexibility index (Phi) is 6.42. The van der Waals surface area contributed by atoms with Crippen LogP contribution in [0.15, 0.2) is 58.9 Å². The molecule has 9 nitrogen and oxygen atoms in total. The highest BCUT2D eigenvalue weighted by molar-refractivity contribution is 7.89. The van der Waals surface area contributed by atoms with Crippen molar-refractivity contribution in [3.8, 4) is 0 Å². The summed E-state index contributed by atoms with van der Waals surface area (Å²) in [7, 11) is -3.78. The Morgan fingerprint density at radius 2 is 1.78 bits per heavy atom. The average Bonchev–Trinajstić information content (AvgIpc) is 3.53. The van der Waals surface area contributed by atoms with Gasteiger partial charge >= 0.3 is 0 Å². The molecule has 0 spiro atoms. The minimum Gasteiger partial charge on any atom is -0.467 e. The molecule has 1 aromatic heterocycles. The van der Waals surface area contributed by atoms with E-state index in [1.807, 2.05) is 32.0 Å². The predicted molar refractivity (Wildman–Crippen MR) is 136 cm³/mol. The van der Waals surface area contributed by atoms with E-state index < -0.39 is 27.9 Å². The Hall–Kier alpha value is -3.11. The molecule has 36 heavy (non-hydrogen) atoms. The van der Waals surface area contributed by atoms with E-state index in [9.17, 15) is 18.0 Å². The van der Waals surface area contributed by atoms with E-state index in [1.165, 1.54) is 12.0 Å². The van der Waals surface area contributed by atoms with Crippen molar-refractivity contribution in [1.82, 2.24) is 14.1 Å². The number of sulfonamides is 1. The van der Waals surface area contributed by atoms with Crippen LogP contribution in [0.4, 0.5) is 5.69 Å². The molecule has 1 aromatic carbocycles. The Balaban J connectivity index is 1.31. The van der Waals surface area contributed by atoms with Crippen molar-refractivity contribution in [1.29, 1.82) is 0 Å². The number of rotatable bonds is 6. The number of carbonyl (C=O) groups is 2. The number of amides is 2. The fraction of sp³-hybridized carbons (Fsp3) is 0.462. The molecule has 192 valence electrons. The highest BCUT2D eigenvalue weighted by Gasteiger charge is 2.55. The van der Waals surface area contributed by atoms with Crippen LogP contribution in [0.2, 0.25) is 0 Å². The summed E-state index contributed by atoms with van der Waals surface area (Å²) in [6, 6.07) is 11.4. The van der Waals surface area contributed by atoms with E-state index >= 15 is 0 Å². The zero-order valence-electron chi connectivity index (χ0n) is 20.8. The van der Waals surface area contributed by atoms with Gasteiger partial charge in [-0.05, 0) is 30.2 Å². The average molecular weight is 513 g/mol. The van der Waals surface area contributed by atoms with Crippen LogP contribution < -0.4 is 4.90 Å². The summed E-state index contributed by atoms with van der Waals surface area (Å²) >= 11 is 0. The first-order chi connectivity index (χ1) is 17.2. The van der Waals surface area contributed by atoms with Crippen molar-refractivity contribution < 1.29 is 22.4 Å². The van der Waals surface area contributed by atoms with Crippen molar-refractivity contribution in [3.63, 3.8) is 0 Å². The molecule has 5 rings (SSSR count). The molecule has 2 aromatic rings. The van der Waals surface area contributed by atoms with E-state index in [2.05, 4.69) is 21.9 Å². The standard InChI is InChI=1S/C26H32N4O5S/c1-18(2)23-24-21(30(26(23)32)36(3,33)34)9-11-29(24)25(31)20-10-16-35-22(20)17-27-12-14-28(15-13-27)19-7-5-4-6-8-19/h4-10,16,18,23-24H,11-15,17H2,1-3H3/t23-,24+/m1/s1. The van der Waals surface area contributed by atoms with Gasteiger partial charge in [-0.1, -0.05) is 32.0 Å². The molecular weight excluding hydrogens is 480 g/mol. The smallest absolute Gasteiger partial charge is 0.258 e. The van der Waals surface area contributed by atoms with Crippen molar-refractivity contribution in [3.05, 3.63) is 65.8 Å². The van der Waals surface area contributed by atoms with Crippen molar-refractivity contribution in [2.24, 2.45) is 11.8 Å². The third kappa shape index (κ3) is 4.32. The molecule has 0 saturated carbocycles. The molecule has 0 N–H and O–H groups in total. The van der Waals surface area contributed by atoms with Crippen LogP contribution in [0.25, 0.3) is 0 Å². The van der Waals surface area contributed by atoms with Crippen molar-refractivity contribution >= 4 is 27.5 Å². The number of hydrogen-bond donors (Lipinski definition) is 0. The maximum Gasteiger partial charge on any atom is 0.258 e. The molecule has 4 heterocycles. The van der Waals surface area contributed by atoms with Gasteiger partial charge < -0.3 is 14.2 Å². The van der Waals surface area contributed by atoms with Crippen LogP contribution >= 0.6 is 0 Å². The summed E-state index contributed by atoms with van der Waals surface area (Å²) in [4.78, 5) is 33.0. The summed E-state index contributed by atoms with van der Waals surface area (Å²) in [5.74, 6) is -0.863. The van der Waals surface area contributed by atoms with Gasteiger partial charge in [-0.2, -0.15) is 0 Å². The molecule has 10 heteroatoms.